The lowest BCUT2D eigenvalue weighted by Crippen LogP contribution is -2.39. The number of fused-ring (bicyclic) bond motifs is 1. The van der Waals surface area contributed by atoms with E-state index in [9.17, 15) is 14.4 Å². The first-order chi connectivity index (χ1) is 18.8. The molecule has 3 aromatic rings. The topological polar surface area (TPSA) is 105 Å². The summed E-state index contributed by atoms with van der Waals surface area (Å²) in [5.41, 5.74) is 3.11. The average molecular weight is 551 g/mol. The minimum Gasteiger partial charge on any atom is -0.493 e. The van der Waals surface area contributed by atoms with Crippen LogP contribution in [0.5, 0.6) is 11.5 Å². The number of rotatable bonds is 9. The van der Waals surface area contributed by atoms with Gasteiger partial charge in [-0.15, -0.1) is 0 Å². The second-order valence-electron chi connectivity index (χ2n) is 8.72. The van der Waals surface area contributed by atoms with Crippen LogP contribution in [0.25, 0.3) is 6.08 Å². The van der Waals surface area contributed by atoms with Gasteiger partial charge in [0.2, 0.25) is 0 Å². The Kier molecular flexibility index (Phi) is 8.65. The Morgan fingerprint density at radius 1 is 1.03 bits per heavy atom. The molecule has 0 aliphatic carbocycles. The number of benzene rings is 2. The number of aromatic nitrogens is 1. The van der Waals surface area contributed by atoms with E-state index in [4.69, 9.17) is 18.9 Å². The molecular formula is C29H30N2O7S. The summed E-state index contributed by atoms with van der Waals surface area (Å²) in [6.45, 7) is 7.42. The Morgan fingerprint density at radius 2 is 1.74 bits per heavy atom. The number of methoxy groups -OCH3 is 1. The van der Waals surface area contributed by atoms with Crippen molar-refractivity contribution in [2.24, 2.45) is 4.99 Å². The van der Waals surface area contributed by atoms with Crippen molar-refractivity contribution in [1.82, 2.24) is 4.57 Å². The molecule has 0 amide bonds. The molecule has 0 saturated heterocycles. The van der Waals surface area contributed by atoms with Crippen molar-refractivity contribution in [2.75, 3.05) is 26.9 Å². The molecule has 2 heterocycles. The van der Waals surface area contributed by atoms with Gasteiger partial charge in [-0.25, -0.2) is 14.6 Å². The third-order valence-electron chi connectivity index (χ3n) is 6.05. The highest BCUT2D eigenvalue weighted by molar-refractivity contribution is 7.07. The largest absolute Gasteiger partial charge is 0.493 e. The van der Waals surface area contributed by atoms with Crippen molar-refractivity contribution in [3.05, 3.63) is 90.1 Å². The van der Waals surface area contributed by atoms with E-state index < -0.39 is 18.0 Å². The van der Waals surface area contributed by atoms with Crippen molar-refractivity contribution in [3.63, 3.8) is 0 Å². The summed E-state index contributed by atoms with van der Waals surface area (Å²) in [6.07, 6.45) is 1.73. The van der Waals surface area contributed by atoms with E-state index in [-0.39, 0.29) is 25.4 Å². The highest BCUT2D eigenvalue weighted by Crippen LogP contribution is 2.31. The molecule has 0 fully saturated rings. The molecule has 1 aliphatic heterocycles. The number of thiazole rings is 1. The molecule has 1 aromatic heterocycles. The van der Waals surface area contributed by atoms with Crippen LogP contribution in [0.1, 0.15) is 43.5 Å². The third-order valence-corrected chi connectivity index (χ3v) is 7.03. The molecule has 0 saturated carbocycles. The molecule has 204 valence electrons. The lowest BCUT2D eigenvalue weighted by molar-refractivity contribution is -0.145. The van der Waals surface area contributed by atoms with E-state index in [1.54, 1.807) is 49.6 Å². The standard InChI is InChI=1S/C29H30N2O7S/c1-6-36-24(32)16-38-21-13-10-19(14-22(21)35-5)15-23-27(33)31-26(20-11-8-17(3)9-12-20)25(28(34)37-7-2)18(4)30-29(31)39-23/h8-15,26H,6-7,16H2,1-5H3/b23-15+/t26-/m1/s1. The fourth-order valence-corrected chi connectivity index (χ4v) is 5.29. The maximum Gasteiger partial charge on any atom is 0.344 e. The normalized spacial score (nSPS) is 14.9. The Bertz CT molecular complexity index is 1600. The van der Waals surface area contributed by atoms with E-state index in [0.29, 0.717) is 37.7 Å². The van der Waals surface area contributed by atoms with Crippen molar-refractivity contribution >= 4 is 29.4 Å². The first-order valence-corrected chi connectivity index (χ1v) is 13.3. The fourth-order valence-electron chi connectivity index (χ4n) is 4.24. The molecule has 9 nitrogen and oxygen atoms in total. The zero-order valence-electron chi connectivity index (χ0n) is 22.5. The molecule has 1 atom stereocenters. The van der Waals surface area contributed by atoms with Crippen LogP contribution in [0.4, 0.5) is 0 Å². The van der Waals surface area contributed by atoms with Gasteiger partial charge in [-0.3, -0.25) is 9.36 Å². The van der Waals surface area contributed by atoms with Crippen LogP contribution in [0.2, 0.25) is 0 Å². The SMILES string of the molecule is CCOC(=O)COc1ccc(/C=c2/sc3n(c2=O)[C@H](c2ccc(C)cc2)C(C(=O)OCC)=C(C)N=3)cc1OC. The zero-order chi connectivity index (χ0) is 28.1. The van der Waals surface area contributed by atoms with Crippen LogP contribution in [0.3, 0.4) is 0 Å². The average Bonchev–Trinajstić information content (AvgIpc) is 3.21. The van der Waals surface area contributed by atoms with E-state index in [0.717, 1.165) is 11.1 Å². The van der Waals surface area contributed by atoms with E-state index in [2.05, 4.69) is 4.99 Å². The quantitative estimate of drug-likeness (QED) is 0.377. The van der Waals surface area contributed by atoms with Gasteiger partial charge >= 0.3 is 11.9 Å². The van der Waals surface area contributed by atoms with Gasteiger partial charge in [0.05, 0.1) is 42.2 Å². The van der Waals surface area contributed by atoms with Gasteiger partial charge in [0.15, 0.2) is 22.9 Å². The molecule has 0 unspecified atom stereocenters. The Labute approximate surface area is 229 Å². The van der Waals surface area contributed by atoms with Crippen molar-refractivity contribution in [2.45, 2.75) is 33.7 Å². The lowest BCUT2D eigenvalue weighted by atomic mass is 9.95. The number of esters is 2. The molecule has 0 spiro atoms. The van der Waals surface area contributed by atoms with Crippen LogP contribution in [-0.4, -0.2) is 43.4 Å². The monoisotopic (exact) mass is 550 g/mol. The molecular weight excluding hydrogens is 520 g/mol. The van der Waals surface area contributed by atoms with E-state index in [1.165, 1.54) is 18.4 Å². The first kappa shape index (κ1) is 27.8. The summed E-state index contributed by atoms with van der Waals surface area (Å²) < 4.78 is 23.2. The summed E-state index contributed by atoms with van der Waals surface area (Å²) in [4.78, 5) is 43.5. The van der Waals surface area contributed by atoms with Crippen LogP contribution in [0, 0.1) is 6.92 Å². The van der Waals surface area contributed by atoms with Gasteiger partial charge < -0.3 is 18.9 Å². The molecule has 4 rings (SSSR count). The second-order valence-corrected chi connectivity index (χ2v) is 9.73. The molecule has 2 aromatic carbocycles. The number of carbonyl (C=O) groups is 2. The number of ether oxygens (including phenoxy) is 4. The minimum atomic E-state index is -0.670. The Morgan fingerprint density at radius 3 is 2.41 bits per heavy atom. The molecule has 0 radical (unpaired) electrons. The molecule has 10 heteroatoms. The smallest absolute Gasteiger partial charge is 0.344 e. The summed E-state index contributed by atoms with van der Waals surface area (Å²) in [5.74, 6) is -0.205. The van der Waals surface area contributed by atoms with Gasteiger partial charge in [0, 0.05) is 0 Å². The molecule has 0 bridgehead atoms. The van der Waals surface area contributed by atoms with Gasteiger partial charge in [-0.05, 0) is 57.0 Å². The number of allylic oxidation sites excluding steroid dienone is 1. The third kappa shape index (κ3) is 5.96. The molecule has 1 aliphatic rings. The van der Waals surface area contributed by atoms with Crippen LogP contribution in [-0.2, 0) is 19.1 Å². The van der Waals surface area contributed by atoms with E-state index >= 15 is 0 Å². The second kappa shape index (κ2) is 12.1. The Balaban J connectivity index is 1.78. The first-order valence-electron chi connectivity index (χ1n) is 12.5. The predicted octanol–water partition coefficient (Wildman–Crippen LogP) is 3.06. The highest BCUT2D eigenvalue weighted by Gasteiger charge is 2.33. The lowest BCUT2D eigenvalue weighted by Gasteiger charge is -2.24. The summed E-state index contributed by atoms with van der Waals surface area (Å²) >= 11 is 1.24. The van der Waals surface area contributed by atoms with Crippen LogP contribution in [0.15, 0.2) is 63.5 Å². The molecule has 39 heavy (non-hydrogen) atoms. The highest BCUT2D eigenvalue weighted by atomic mass is 32.1. The minimum absolute atomic E-state index is 0.210. The number of carbonyl (C=O) groups excluding carboxylic acids is 2. The van der Waals surface area contributed by atoms with Crippen molar-refractivity contribution in [1.29, 1.82) is 0 Å². The van der Waals surface area contributed by atoms with Crippen LogP contribution < -0.4 is 24.4 Å². The fraction of sp³-hybridized carbons (Fsp3) is 0.310. The van der Waals surface area contributed by atoms with Gasteiger partial charge in [0.1, 0.15) is 0 Å². The molecule has 0 N–H and O–H groups in total. The number of hydrogen-bond donors (Lipinski definition) is 0. The predicted molar refractivity (Wildman–Crippen MR) is 147 cm³/mol. The number of hydrogen-bond acceptors (Lipinski definition) is 9. The summed E-state index contributed by atoms with van der Waals surface area (Å²) in [5, 5.41) is 0. The maximum absolute atomic E-state index is 13.8. The van der Waals surface area contributed by atoms with Gasteiger partial charge in [-0.1, -0.05) is 47.2 Å². The maximum atomic E-state index is 13.8. The summed E-state index contributed by atoms with van der Waals surface area (Å²) in [7, 11) is 1.49. The Hall–Kier alpha value is -4.18. The summed E-state index contributed by atoms with van der Waals surface area (Å²) in [6, 6.07) is 12.2. The van der Waals surface area contributed by atoms with E-state index in [1.807, 2.05) is 31.2 Å². The number of aryl methyl sites for hydroxylation is 1. The van der Waals surface area contributed by atoms with Crippen molar-refractivity contribution < 1.29 is 28.5 Å². The zero-order valence-corrected chi connectivity index (χ0v) is 23.3. The van der Waals surface area contributed by atoms with Gasteiger partial charge in [0.25, 0.3) is 5.56 Å². The van der Waals surface area contributed by atoms with Crippen molar-refractivity contribution in [3.8, 4) is 11.5 Å². The van der Waals surface area contributed by atoms with Gasteiger partial charge in [-0.2, -0.15) is 0 Å². The van der Waals surface area contributed by atoms with Crippen LogP contribution >= 0.6 is 11.3 Å². The number of nitrogens with zero attached hydrogens (tertiary/aromatic N) is 2.